The smallest absolute Gasteiger partial charge is 0.255 e. The summed E-state index contributed by atoms with van der Waals surface area (Å²) in [4.78, 5) is 56.6. The highest BCUT2D eigenvalue weighted by Crippen LogP contribution is 2.25. The van der Waals surface area contributed by atoms with Crippen LogP contribution in [0.3, 0.4) is 0 Å². The Hall–Kier alpha value is -5.19. The molecule has 0 radical (unpaired) electrons. The number of carbonyl (C=O) groups excluding carboxylic acids is 5. The summed E-state index contributed by atoms with van der Waals surface area (Å²) in [6, 6.07) is 11.7. The van der Waals surface area contributed by atoms with Crippen molar-refractivity contribution in [1.29, 1.82) is 0 Å². The van der Waals surface area contributed by atoms with E-state index >= 15 is 0 Å². The minimum atomic E-state index is -1.79. The van der Waals surface area contributed by atoms with E-state index in [0.717, 1.165) is 30.3 Å². The van der Waals surface area contributed by atoms with Gasteiger partial charge in [0.2, 0.25) is 0 Å². The number of carboxylic acid groups (broad SMARTS) is 4. The van der Waals surface area contributed by atoms with Gasteiger partial charge in [-0.3, -0.25) is 4.79 Å². The first-order chi connectivity index (χ1) is 16.1. The van der Waals surface area contributed by atoms with Gasteiger partial charge in [0.15, 0.2) is 0 Å². The molecule has 0 heterocycles. The molecule has 172 valence electrons. The van der Waals surface area contributed by atoms with Crippen molar-refractivity contribution in [2.24, 2.45) is 0 Å². The van der Waals surface area contributed by atoms with Crippen LogP contribution in [-0.4, -0.2) is 29.8 Å². The molecule has 11 heteroatoms. The largest absolute Gasteiger partial charge is 0.545 e. The highest BCUT2D eigenvalue weighted by Gasteiger charge is 2.12. The number of ether oxygens (including phenoxy) is 1. The second-order valence-corrected chi connectivity index (χ2v) is 6.70. The Morgan fingerprint density at radius 2 is 1.03 bits per heavy atom. The number of aromatic carboxylic acids is 4. The van der Waals surface area contributed by atoms with E-state index < -0.39 is 52.0 Å². The fourth-order valence-corrected chi connectivity index (χ4v) is 2.91. The van der Waals surface area contributed by atoms with E-state index in [9.17, 15) is 44.4 Å². The van der Waals surface area contributed by atoms with Crippen LogP contribution in [0.4, 0.5) is 5.69 Å². The van der Waals surface area contributed by atoms with Gasteiger partial charge in [-0.1, -0.05) is 6.07 Å². The molecule has 0 saturated carbocycles. The zero-order valence-corrected chi connectivity index (χ0v) is 16.9. The summed E-state index contributed by atoms with van der Waals surface area (Å²) in [6.07, 6.45) is 0. The zero-order valence-electron chi connectivity index (χ0n) is 16.9. The molecule has 0 aliphatic carbocycles. The lowest BCUT2D eigenvalue weighted by Crippen LogP contribution is -2.30. The molecule has 0 bridgehead atoms. The highest BCUT2D eigenvalue weighted by molar-refractivity contribution is 6.07. The van der Waals surface area contributed by atoms with E-state index in [-0.39, 0.29) is 22.7 Å². The molecule has 0 aliphatic rings. The lowest BCUT2D eigenvalue weighted by atomic mass is 10.0. The summed E-state index contributed by atoms with van der Waals surface area (Å²) in [5, 5.41) is 46.7. The number of benzene rings is 3. The van der Waals surface area contributed by atoms with Crippen LogP contribution in [0, 0.1) is 0 Å². The quantitative estimate of drug-likeness (QED) is 0.398. The average molecular weight is 461 g/mol. The van der Waals surface area contributed by atoms with Crippen LogP contribution in [0.1, 0.15) is 51.8 Å². The lowest BCUT2D eigenvalue weighted by Gasteiger charge is -2.14. The Bertz CT molecular complexity index is 1330. The monoisotopic (exact) mass is 461 g/mol. The van der Waals surface area contributed by atoms with Crippen molar-refractivity contribution in [1.82, 2.24) is 0 Å². The normalized spacial score (nSPS) is 10.2. The van der Waals surface area contributed by atoms with E-state index in [1.807, 2.05) is 0 Å². The molecular weight excluding hydrogens is 450 g/mol. The molecule has 3 rings (SSSR count). The second-order valence-electron chi connectivity index (χ2n) is 6.70. The summed E-state index contributed by atoms with van der Waals surface area (Å²) < 4.78 is 5.48. The van der Waals surface area contributed by atoms with Gasteiger partial charge in [0.1, 0.15) is 11.5 Å². The fourth-order valence-electron chi connectivity index (χ4n) is 2.91. The van der Waals surface area contributed by atoms with Crippen LogP contribution in [0.2, 0.25) is 0 Å². The second kappa shape index (κ2) is 9.53. The van der Waals surface area contributed by atoms with Crippen LogP contribution in [0.5, 0.6) is 11.5 Å². The molecule has 0 atom stereocenters. The van der Waals surface area contributed by atoms with E-state index in [0.29, 0.717) is 0 Å². The third-order valence-corrected chi connectivity index (χ3v) is 4.50. The van der Waals surface area contributed by atoms with Gasteiger partial charge in [0.25, 0.3) is 5.91 Å². The predicted octanol–water partition coefficient (Wildman–Crippen LogP) is -1.81. The number of anilines is 1. The molecule has 0 saturated heterocycles. The third-order valence-electron chi connectivity index (χ3n) is 4.50. The zero-order chi connectivity index (χ0) is 25.0. The summed E-state index contributed by atoms with van der Waals surface area (Å²) in [7, 11) is 0. The van der Waals surface area contributed by atoms with E-state index in [1.54, 1.807) is 0 Å². The number of nitrogens with one attached hydrogen (secondary N) is 1. The van der Waals surface area contributed by atoms with Gasteiger partial charge in [-0.25, -0.2) is 0 Å². The molecule has 34 heavy (non-hydrogen) atoms. The molecule has 3 aromatic carbocycles. The topological polar surface area (TPSA) is 199 Å². The van der Waals surface area contributed by atoms with Gasteiger partial charge >= 0.3 is 0 Å². The first kappa shape index (κ1) is 23.5. The number of rotatable bonds is 8. The SMILES string of the molecule is O=C(Nc1ccc(Oc2ccc(C(=O)[O-])c(C(=O)[O-])c2)cc1)c1ccc(C(=O)[O-])c(C(=O)[O-])c1. The Morgan fingerprint density at radius 3 is 1.56 bits per heavy atom. The van der Waals surface area contributed by atoms with Gasteiger partial charge in [-0.15, -0.1) is 0 Å². The molecule has 0 spiro atoms. The summed E-state index contributed by atoms with van der Waals surface area (Å²) in [5.74, 6) is -7.46. The Kier molecular flexibility index (Phi) is 6.58. The van der Waals surface area contributed by atoms with Crippen LogP contribution in [-0.2, 0) is 0 Å². The van der Waals surface area contributed by atoms with Gasteiger partial charge in [0, 0.05) is 33.5 Å². The lowest BCUT2D eigenvalue weighted by molar-refractivity contribution is -0.259. The minimum Gasteiger partial charge on any atom is -0.545 e. The maximum atomic E-state index is 12.4. The van der Waals surface area contributed by atoms with Crippen molar-refractivity contribution >= 4 is 35.5 Å². The first-order valence-electron chi connectivity index (χ1n) is 9.29. The summed E-state index contributed by atoms with van der Waals surface area (Å²) in [6.45, 7) is 0. The van der Waals surface area contributed by atoms with E-state index in [1.165, 1.54) is 30.3 Å². The van der Waals surface area contributed by atoms with Crippen LogP contribution in [0.25, 0.3) is 0 Å². The third kappa shape index (κ3) is 5.16. The van der Waals surface area contributed by atoms with Gasteiger partial charge < -0.3 is 49.7 Å². The summed E-state index contributed by atoms with van der Waals surface area (Å²) in [5.41, 5.74) is -2.42. The number of hydrogen-bond donors (Lipinski definition) is 1. The van der Waals surface area contributed by atoms with Gasteiger partial charge in [-0.05, 0) is 54.6 Å². The molecule has 3 aromatic rings. The van der Waals surface area contributed by atoms with Crippen LogP contribution < -0.4 is 30.5 Å². The van der Waals surface area contributed by atoms with Crippen molar-refractivity contribution < 1.29 is 49.1 Å². The molecule has 0 aliphatic heterocycles. The molecule has 11 nitrogen and oxygen atoms in total. The van der Waals surface area contributed by atoms with Crippen LogP contribution >= 0.6 is 0 Å². The molecule has 0 aromatic heterocycles. The standard InChI is InChI=1S/C23H15NO10/c25-19(11-1-7-15(20(26)27)17(9-11)22(30)31)24-12-2-4-13(5-3-12)34-14-6-8-16(21(28)29)18(10-14)23(32)33/h1-10H,(H,24,25)(H,26,27)(H,28,29)(H,30,31)(H,32,33)/p-4. The Morgan fingerprint density at radius 1 is 0.559 bits per heavy atom. The summed E-state index contributed by atoms with van der Waals surface area (Å²) >= 11 is 0. The molecule has 1 N–H and O–H groups in total. The van der Waals surface area contributed by atoms with E-state index in [2.05, 4.69) is 5.32 Å². The molecule has 0 fully saturated rings. The maximum absolute atomic E-state index is 12.4. The van der Waals surface area contributed by atoms with Gasteiger partial charge in [-0.2, -0.15) is 0 Å². The Labute approximate surface area is 190 Å². The van der Waals surface area contributed by atoms with Crippen LogP contribution in [0.15, 0.2) is 60.7 Å². The highest BCUT2D eigenvalue weighted by atomic mass is 16.5. The van der Waals surface area contributed by atoms with Crippen molar-refractivity contribution in [3.05, 3.63) is 88.5 Å². The molecule has 1 amide bonds. The minimum absolute atomic E-state index is 0.00352. The van der Waals surface area contributed by atoms with E-state index in [4.69, 9.17) is 4.74 Å². The predicted molar refractivity (Wildman–Crippen MR) is 105 cm³/mol. The maximum Gasteiger partial charge on any atom is 0.255 e. The number of hydrogen-bond acceptors (Lipinski definition) is 10. The van der Waals surface area contributed by atoms with Crippen molar-refractivity contribution in [3.63, 3.8) is 0 Å². The van der Waals surface area contributed by atoms with Gasteiger partial charge in [0.05, 0.1) is 23.9 Å². The number of carboxylic acids is 4. The number of amides is 1. The van der Waals surface area contributed by atoms with Crippen molar-refractivity contribution in [2.75, 3.05) is 5.32 Å². The Balaban J connectivity index is 1.75. The number of carbonyl (C=O) groups is 5. The van der Waals surface area contributed by atoms with Crippen molar-refractivity contribution in [3.8, 4) is 11.5 Å². The molecule has 0 unspecified atom stereocenters. The first-order valence-corrected chi connectivity index (χ1v) is 9.29. The van der Waals surface area contributed by atoms with Crippen molar-refractivity contribution in [2.45, 2.75) is 0 Å². The molecular formula is C23H11NO10-4. The fraction of sp³-hybridized carbons (Fsp3) is 0. The average Bonchev–Trinajstić information content (AvgIpc) is 2.79.